The van der Waals surface area contributed by atoms with Crippen LogP contribution >= 0.6 is 11.8 Å². The lowest BCUT2D eigenvalue weighted by Gasteiger charge is -2.12. The molecule has 0 radical (unpaired) electrons. The number of benzene rings is 1. The number of aliphatic hydroxyl groups is 1. The van der Waals surface area contributed by atoms with Crippen molar-refractivity contribution in [3.63, 3.8) is 0 Å². The van der Waals surface area contributed by atoms with Crippen molar-refractivity contribution in [2.75, 3.05) is 18.6 Å². The van der Waals surface area contributed by atoms with E-state index in [9.17, 15) is 5.11 Å². The van der Waals surface area contributed by atoms with Crippen LogP contribution in [0.4, 0.5) is 5.69 Å². The van der Waals surface area contributed by atoms with Crippen LogP contribution in [0.25, 0.3) is 0 Å². The van der Waals surface area contributed by atoms with Crippen LogP contribution in [0.2, 0.25) is 0 Å². The molecule has 0 aliphatic rings. The second kappa shape index (κ2) is 6.45. The number of aromatic nitrogens is 1. The van der Waals surface area contributed by atoms with E-state index in [4.69, 9.17) is 10.5 Å². The van der Waals surface area contributed by atoms with Crippen LogP contribution in [-0.2, 0) is 0 Å². The smallest absolute Gasteiger partial charge is 0.119 e. The van der Waals surface area contributed by atoms with E-state index in [1.54, 1.807) is 25.4 Å². The number of aliphatic hydroxyl groups excluding tert-OH is 1. The van der Waals surface area contributed by atoms with Crippen LogP contribution in [-0.4, -0.2) is 23.0 Å². The number of rotatable bonds is 5. The monoisotopic (exact) mass is 276 g/mol. The van der Waals surface area contributed by atoms with Crippen molar-refractivity contribution in [2.24, 2.45) is 0 Å². The molecule has 0 saturated heterocycles. The molecular formula is C14H16N2O2S. The summed E-state index contributed by atoms with van der Waals surface area (Å²) in [4.78, 5) is 4.18. The van der Waals surface area contributed by atoms with Gasteiger partial charge < -0.3 is 15.6 Å². The van der Waals surface area contributed by atoms with Crippen molar-refractivity contribution in [1.82, 2.24) is 4.98 Å². The van der Waals surface area contributed by atoms with Gasteiger partial charge in [0.15, 0.2) is 0 Å². The molecule has 4 nitrogen and oxygen atoms in total. The number of methoxy groups -OCH3 is 1. The van der Waals surface area contributed by atoms with E-state index in [0.717, 1.165) is 16.3 Å². The zero-order valence-electron chi connectivity index (χ0n) is 10.6. The molecule has 1 atom stereocenters. The first-order chi connectivity index (χ1) is 9.20. The number of thioether (sulfide) groups is 1. The fourth-order valence-electron chi connectivity index (χ4n) is 1.63. The average molecular weight is 276 g/mol. The highest BCUT2D eigenvalue weighted by atomic mass is 32.2. The third-order valence-corrected chi connectivity index (χ3v) is 3.75. The Morgan fingerprint density at radius 1 is 1.37 bits per heavy atom. The number of hydrogen-bond donors (Lipinski definition) is 2. The maximum atomic E-state index is 10.1. The Morgan fingerprint density at radius 2 is 2.21 bits per heavy atom. The zero-order valence-corrected chi connectivity index (χ0v) is 11.4. The Hall–Kier alpha value is -1.72. The Kier molecular flexibility index (Phi) is 4.65. The van der Waals surface area contributed by atoms with Gasteiger partial charge in [-0.1, -0.05) is 12.1 Å². The summed E-state index contributed by atoms with van der Waals surface area (Å²) in [6, 6.07) is 11.0. The average Bonchev–Trinajstić information content (AvgIpc) is 2.46. The van der Waals surface area contributed by atoms with Gasteiger partial charge in [-0.15, -0.1) is 11.8 Å². The van der Waals surface area contributed by atoms with E-state index in [1.165, 1.54) is 11.8 Å². The Labute approximate surface area is 116 Å². The first kappa shape index (κ1) is 13.7. The summed E-state index contributed by atoms with van der Waals surface area (Å²) in [5.41, 5.74) is 7.26. The molecule has 1 heterocycles. The summed E-state index contributed by atoms with van der Waals surface area (Å²) >= 11 is 1.44. The predicted octanol–water partition coefficient (Wildman–Crippen LogP) is 2.50. The molecule has 0 fully saturated rings. The van der Waals surface area contributed by atoms with E-state index in [2.05, 4.69) is 4.98 Å². The summed E-state index contributed by atoms with van der Waals surface area (Å²) in [6.45, 7) is 0. The van der Waals surface area contributed by atoms with E-state index in [1.807, 2.05) is 24.3 Å². The second-order valence-corrected chi connectivity index (χ2v) is 5.01. The van der Waals surface area contributed by atoms with E-state index in [-0.39, 0.29) is 0 Å². The lowest BCUT2D eigenvalue weighted by atomic mass is 10.1. The largest absolute Gasteiger partial charge is 0.497 e. The summed E-state index contributed by atoms with van der Waals surface area (Å²) in [7, 11) is 1.61. The fraction of sp³-hybridized carbons (Fsp3) is 0.214. The Morgan fingerprint density at radius 3 is 2.95 bits per heavy atom. The molecule has 100 valence electrons. The number of anilines is 1. The SMILES string of the molecule is COc1cccc(C(O)CSc2ncccc2N)c1. The van der Waals surface area contributed by atoms with Crippen molar-refractivity contribution < 1.29 is 9.84 Å². The maximum Gasteiger partial charge on any atom is 0.119 e. The van der Waals surface area contributed by atoms with Crippen LogP contribution < -0.4 is 10.5 Å². The van der Waals surface area contributed by atoms with Gasteiger partial charge in [-0.25, -0.2) is 4.98 Å². The zero-order chi connectivity index (χ0) is 13.7. The number of nitrogens with zero attached hydrogens (tertiary/aromatic N) is 1. The lowest BCUT2D eigenvalue weighted by Crippen LogP contribution is -2.02. The third-order valence-electron chi connectivity index (χ3n) is 2.66. The molecule has 0 bridgehead atoms. The molecular weight excluding hydrogens is 260 g/mol. The van der Waals surface area contributed by atoms with Gasteiger partial charge >= 0.3 is 0 Å². The minimum Gasteiger partial charge on any atom is -0.497 e. The highest BCUT2D eigenvalue weighted by Crippen LogP contribution is 2.28. The summed E-state index contributed by atoms with van der Waals surface area (Å²) in [6.07, 6.45) is 1.11. The van der Waals surface area contributed by atoms with Crippen molar-refractivity contribution >= 4 is 17.4 Å². The molecule has 5 heteroatoms. The molecule has 2 rings (SSSR count). The van der Waals surface area contributed by atoms with Gasteiger partial charge in [0.05, 0.1) is 18.9 Å². The fourth-order valence-corrected chi connectivity index (χ4v) is 2.51. The van der Waals surface area contributed by atoms with Crippen molar-refractivity contribution in [2.45, 2.75) is 11.1 Å². The van der Waals surface area contributed by atoms with E-state index in [0.29, 0.717) is 11.4 Å². The first-order valence-corrected chi connectivity index (χ1v) is 6.84. The Bertz CT molecular complexity index is 548. The lowest BCUT2D eigenvalue weighted by molar-refractivity contribution is 0.203. The van der Waals surface area contributed by atoms with Gasteiger partial charge in [-0.05, 0) is 29.8 Å². The van der Waals surface area contributed by atoms with Gasteiger partial charge in [0, 0.05) is 11.9 Å². The predicted molar refractivity (Wildman–Crippen MR) is 77.3 cm³/mol. The molecule has 1 unspecified atom stereocenters. The number of nitrogen functional groups attached to an aromatic ring is 1. The highest BCUT2D eigenvalue weighted by molar-refractivity contribution is 7.99. The van der Waals surface area contributed by atoms with E-state index < -0.39 is 6.10 Å². The number of ether oxygens (including phenoxy) is 1. The molecule has 0 amide bonds. The first-order valence-electron chi connectivity index (χ1n) is 5.86. The van der Waals surface area contributed by atoms with Crippen molar-refractivity contribution in [1.29, 1.82) is 0 Å². The molecule has 0 saturated carbocycles. The minimum absolute atomic E-state index is 0.494. The quantitative estimate of drug-likeness (QED) is 0.821. The van der Waals surface area contributed by atoms with Gasteiger partial charge in [0.1, 0.15) is 10.8 Å². The summed E-state index contributed by atoms with van der Waals surface area (Å²) in [5, 5.41) is 10.9. The molecule has 2 aromatic rings. The molecule has 0 spiro atoms. The minimum atomic E-state index is -0.582. The van der Waals surface area contributed by atoms with Crippen molar-refractivity contribution in [3.05, 3.63) is 48.2 Å². The molecule has 3 N–H and O–H groups in total. The highest BCUT2D eigenvalue weighted by Gasteiger charge is 2.10. The third kappa shape index (κ3) is 3.62. The van der Waals surface area contributed by atoms with Gasteiger partial charge in [0.2, 0.25) is 0 Å². The van der Waals surface area contributed by atoms with Gasteiger partial charge in [0.25, 0.3) is 0 Å². The van der Waals surface area contributed by atoms with Crippen LogP contribution in [0, 0.1) is 0 Å². The van der Waals surface area contributed by atoms with Crippen LogP contribution in [0.3, 0.4) is 0 Å². The molecule has 1 aromatic carbocycles. The number of nitrogens with two attached hydrogens (primary N) is 1. The molecule has 0 aliphatic carbocycles. The Balaban J connectivity index is 2.01. The molecule has 19 heavy (non-hydrogen) atoms. The maximum absolute atomic E-state index is 10.1. The van der Waals surface area contributed by atoms with Crippen molar-refractivity contribution in [3.8, 4) is 5.75 Å². The molecule has 1 aromatic heterocycles. The standard InChI is InChI=1S/C14H16N2O2S/c1-18-11-5-2-4-10(8-11)13(17)9-19-14-12(15)6-3-7-16-14/h2-8,13,17H,9,15H2,1H3. The van der Waals surface area contributed by atoms with E-state index >= 15 is 0 Å². The van der Waals surface area contributed by atoms with Crippen LogP contribution in [0.15, 0.2) is 47.6 Å². The van der Waals surface area contributed by atoms with Gasteiger partial charge in [-0.3, -0.25) is 0 Å². The summed E-state index contributed by atoms with van der Waals surface area (Å²) < 4.78 is 5.14. The second-order valence-electron chi connectivity index (χ2n) is 4.00. The number of pyridine rings is 1. The summed E-state index contributed by atoms with van der Waals surface area (Å²) in [5.74, 6) is 1.23. The number of hydrogen-bond acceptors (Lipinski definition) is 5. The van der Waals surface area contributed by atoms with Crippen LogP contribution in [0.1, 0.15) is 11.7 Å². The normalized spacial score (nSPS) is 12.1. The van der Waals surface area contributed by atoms with Crippen LogP contribution in [0.5, 0.6) is 5.75 Å². The topological polar surface area (TPSA) is 68.4 Å². The molecule has 0 aliphatic heterocycles. The van der Waals surface area contributed by atoms with Gasteiger partial charge in [-0.2, -0.15) is 0 Å².